The van der Waals surface area contributed by atoms with E-state index in [-0.39, 0.29) is 6.04 Å². The van der Waals surface area contributed by atoms with E-state index in [9.17, 15) is 0 Å². The summed E-state index contributed by atoms with van der Waals surface area (Å²) < 4.78 is 16.9. The number of methoxy groups -OCH3 is 1. The van der Waals surface area contributed by atoms with Gasteiger partial charge in [0.15, 0.2) is 0 Å². The molecule has 0 aliphatic heterocycles. The van der Waals surface area contributed by atoms with Gasteiger partial charge in [0.05, 0.1) is 19.3 Å². The first-order valence-electron chi connectivity index (χ1n) is 7.70. The lowest BCUT2D eigenvalue weighted by atomic mass is 10.1. The zero-order valence-corrected chi connectivity index (χ0v) is 13.9. The third kappa shape index (κ3) is 5.94. The molecule has 4 heteroatoms. The second-order valence-electron chi connectivity index (χ2n) is 5.47. The van der Waals surface area contributed by atoms with Gasteiger partial charge in [-0.3, -0.25) is 0 Å². The molecular formula is C17H29NO3. The molecule has 0 aliphatic carbocycles. The first-order chi connectivity index (χ1) is 10.1. The van der Waals surface area contributed by atoms with Crippen molar-refractivity contribution in [2.75, 3.05) is 33.5 Å². The molecule has 1 rings (SSSR count). The fraction of sp³-hybridized carbons (Fsp3) is 0.647. The van der Waals surface area contributed by atoms with E-state index in [0.29, 0.717) is 19.1 Å². The molecule has 0 amide bonds. The van der Waals surface area contributed by atoms with Crippen molar-refractivity contribution in [3.05, 3.63) is 23.8 Å². The lowest BCUT2D eigenvalue weighted by molar-refractivity contribution is 0.0814. The van der Waals surface area contributed by atoms with Gasteiger partial charge in [-0.25, -0.2) is 0 Å². The summed E-state index contributed by atoms with van der Waals surface area (Å²) in [7, 11) is 1.69. The molecule has 0 fully saturated rings. The molecular weight excluding hydrogens is 266 g/mol. The molecule has 0 heterocycles. The third-order valence-corrected chi connectivity index (χ3v) is 3.13. The Morgan fingerprint density at radius 2 is 1.81 bits per heavy atom. The smallest absolute Gasteiger partial charge is 0.127 e. The molecule has 4 nitrogen and oxygen atoms in total. The van der Waals surface area contributed by atoms with Gasteiger partial charge >= 0.3 is 0 Å². The molecule has 1 N–H and O–H groups in total. The van der Waals surface area contributed by atoms with Crippen LogP contribution in [-0.4, -0.2) is 33.5 Å². The molecule has 0 bridgehead atoms. The topological polar surface area (TPSA) is 39.7 Å². The summed E-state index contributed by atoms with van der Waals surface area (Å²) in [6.45, 7) is 11.3. The van der Waals surface area contributed by atoms with Crippen LogP contribution in [0.2, 0.25) is 0 Å². The van der Waals surface area contributed by atoms with E-state index in [1.807, 2.05) is 18.2 Å². The molecule has 1 atom stereocenters. The van der Waals surface area contributed by atoms with Crippen molar-refractivity contribution in [1.29, 1.82) is 0 Å². The minimum absolute atomic E-state index is 0.178. The van der Waals surface area contributed by atoms with Crippen LogP contribution >= 0.6 is 0 Å². The van der Waals surface area contributed by atoms with E-state index in [1.165, 1.54) is 0 Å². The first kappa shape index (κ1) is 17.8. The van der Waals surface area contributed by atoms with Gasteiger partial charge in [-0.1, -0.05) is 26.8 Å². The lowest BCUT2D eigenvalue weighted by Crippen LogP contribution is -2.20. The Balaban J connectivity index is 2.67. The van der Waals surface area contributed by atoms with Crippen LogP contribution < -0.4 is 14.8 Å². The number of nitrogens with one attached hydrogen (secondary N) is 1. The van der Waals surface area contributed by atoms with Crippen molar-refractivity contribution in [3.63, 3.8) is 0 Å². The fourth-order valence-corrected chi connectivity index (χ4v) is 2.19. The number of rotatable bonds is 10. The lowest BCUT2D eigenvalue weighted by Gasteiger charge is -2.20. The third-order valence-electron chi connectivity index (χ3n) is 3.13. The summed E-state index contributed by atoms with van der Waals surface area (Å²) in [5.74, 6) is 2.26. The molecule has 1 aromatic carbocycles. The zero-order valence-electron chi connectivity index (χ0n) is 13.9. The highest BCUT2D eigenvalue weighted by Gasteiger charge is 2.16. The molecule has 0 saturated carbocycles. The van der Waals surface area contributed by atoms with E-state index in [2.05, 4.69) is 33.0 Å². The van der Waals surface area contributed by atoms with Gasteiger partial charge in [0, 0.05) is 12.6 Å². The highest BCUT2D eigenvalue weighted by molar-refractivity contribution is 5.46. The second kappa shape index (κ2) is 9.64. The SMILES string of the molecule is CCNC(C)c1c(OC)cccc1OCCOCC(C)C. The Bertz CT molecular complexity index is 407. The van der Waals surface area contributed by atoms with Crippen LogP contribution in [-0.2, 0) is 4.74 Å². The van der Waals surface area contributed by atoms with E-state index in [4.69, 9.17) is 14.2 Å². The maximum Gasteiger partial charge on any atom is 0.127 e. The second-order valence-corrected chi connectivity index (χ2v) is 5.47. The summed E-state index contributed by atoms with van der Waals surface area (Å²) in [6, 6.07) is 6.07. The molecule has 0 radical (unpaired) electrons. The maximum atomic E-state index is 5.88. The number of hydrogen-bond acceptors (Lipinski definition) is 4. The summed E-state index contributed by atoms with van der Waals surface area (Å²) >= 11 is 0. The predicted octanol–water partition coefficient (Wildman–Crippen LogP) is 3.42. The molecule has 1 aromatic rings. The Labute approximate surface area is 128 Å². The standard InChI is InChI=1S/C17H29NO3/c1-6-18-14(4)17-15(19-5)8-7-9-16(17)21-11-10-20-12-13(2)3/h7-9,13-14,18H,6,10-12H2,1-5H3. The minimum atomic E-state index is 0.178. The average Bonchev–Trinajstić information content (AvgIpc) is 2.46. The Morgan fingerprint density at radius 3 is 2.43 bits per heavy atom. The average molecular weight is 295 g/mol. The van der Waals surface area contributed by atoms with Gasteiger partial charge in [-0.15, -0.1) is 0 Å². The van der Waals surface area contributed by atoms with E-state index in [0.717, 1.165) is 30.2 Å². The summed E-state index contributed by atoms with van der Waals surface area (Å²) in [5, 5.41) is 3.40. The van der Waals surface area contributed by atoms with Gasteiger partial charge < -0.3 is 19.5 Å². The van der Waals surface area contributed by atoms with Crippen LogP contribution in [0.1, 0.15) is 39.3 Å². The Morgan fingerprint density at radius 1 is 1.10 bits per heavy atom. The van der Waals surface area contributed by atoms with E-state index < -0.39 is 0 Å². The molecule has 21 heavy (non-hydrogen) atoms. The van der Waals surface area contributed by atoms with Crippen LogP contribution in [0, 0.1) is 5.92 Å². The van der Waals surface area contributed by atoms with Gasteiger partial charge in [0.1, 0.15) is 18.1 Å². The maximum absolute atomic E-state index is 5.88. The van der Waals surface area contributed by atoms with Crippen LogP contribution in [0.3, 0.4) is 0 Å². The Hall–Kier alpha value is -1.26. The van der Waals surface area contributed by atoms with Crippen LogP contribution in [0.15, 0.2) is 18.2 Å². The molecule has 0 aromatic heterocycles. The summed E-state index contributed by atoms with van der Waals surface area (Å²) in [4.78, 5) is 0. The van der Waals surface area contributed by atoms with Crippen LogP contribution in [0.25, 0.3) is 0 Å². The highest BCUT2D eigenvalue weighted by atomic mass is 16.5. The van der Waals surface area contributed by atoms with Gasteiger partial charge in [-0.2, -0.15) is 0 Å². The van der Waals surface area contributed by atoms with Crippen molar-refractivity contribution < 1.29 is 14.2 Å². The Kier molecular flexibility index (Phi) is 8.16. The number of hydrogen-bond donors (Lipinski definition) is 1. The van der Waals surface area contributed by atoms with Gasteiger partial charge in [-0.05, 0) is 31.5 Å². The molecule has 0 saturated heterocycles. The predicted molar refractivity (Wildman–Crippen MR) is 86.2 cm³/mol. The number of ether oxygens (including phenoxy) is 3. The highest BCUT2D eigenvalue weighted by Crippen LogP contribution is 2.33. The molecule has 120 valence electrons. The summed E-state index contributed by atoms with van der Waals surface area (Å²) in [6.07, 6.45) is 0. The van der Waals surface area contributed by atoms with Crippen LogP contribution in [0.4, 0.5) is 0 Å². The van der Waals surface area contributed by atoms with Crippen molar-refractivity contribution in [1.82, 2.24) is 5.32 Å². The number of benzene rings is 1. The minimum Gasteiger partial charge on any atom is -0.496 e. The fourth-order valence-electron chi connectivity index (χ4n) is 2.19. The summed E-state index contributed by atoms with van der Waals surface area (Å²) in [5.41, 5.74) is 1.06. The van der Waals surface area contributed by atoms with Crippen molar-refractivity contribution in [3.8, 4) is 11.5 Å². The van der Waals surface area contributed by atoms with Crippen molar-refractivity contribution in [2.24, 2.45) is 5.92 Å². The quantitative estimate of drug-likeness (QED) is 0.671. The van der Waals surface area contributed by atoms with Crippen molar-refractivity contribution in [2.45, 2.75) is 33.7 Å². The first-order valence-corrected chi connectivity index (χ1v) is 7.70. The van der Waals surface area contributed by atoms with Gasteiger partial charge in [0.2, 0.25) is 0 Å². The molecule has 1 unspecified atom stereocenters. The largest absolute Gasteiger partial charge is 0.496 e. The van der Waals surface area contributed by atoms with E-state index >= 15 is 0 Å². The van der Waals surface area contributed by atoms with Crippen LogP contribution in [0.5, 0.6) is 11.5 Å². The molecule has 0 spiro atoms. The zero-order chi connectivity index (χ0) is 15.7. The normalized spacial score (nSPS) is 12.5. The van der Waals surface area contributed by atoms with Crippen molar-refractivity contribution >= 4 is 0 Å². The monoisotopic (exact) mass is 295 g/mol. The molecule has 0 aliphatic rings. The van der Waals surface area contributed by atoms with E-state index in [1.54, 1.807) is 7.11 Å². The van der Waals surface area contributed by atoms with Gasteiger partial charge in [0.25, 0.3) is 0 Å².